The quantitative estimate of drug-likeness (QED) is 0.171. The van der Waals surface area contributed by atoms with Gasteiger partial charge in [0.05, 0.1) is 22.2 Å². The van der Waals surface area contributed by atoms with Gasteiger partial charge < -0.3 is 4.90 Å². The van der Waals surface area contributed by atoms with Crippen LogP contribution in [0.5, 0.6) is 0 Å². The van der Waals surface area contributed by atoms with Gasteiger partial charge in [-0.3, -0.25) is 0 Å². The lowest BCUT2D eigenvalue weighted by atomic mass is 9.66. The minimum atomic E-state index is -0.617. The van der Waals surface area contributed by atoms with Crippen molar-refractivity contribution in [3.8, 4) is 66.8 Å². The molecule has 0 aliphatic heterocycles. The summed E-state index contributed by atoms with van der Waals surface area (Å²) in [5.41, 5.74) is 30.9. The number of hydrogen-bond acceptors (Lipinski definition) is 1. The van der Waals surface area contributed by atoms with Crippen LogP contribution in [0.1, 0.15) is 69.5 Å². The van der Waals surface area contributed by atoms with Crippen LogP contribution in [0.3, 0.4) is 0 Å². The monoisotopic (exact) mass is 913 g/mol. The molecule has 1 nitrogen and oxygen atoms in total. The van der Waals surface area contributed by atoms with E-state index in [2.05, 4.69) is 267 Å². The van der Waals surface area contributed by atoms with Gasteiger partial charge in [0, 0.05) is 22.2 Å². The molecule has 0 aromatic heterocycles. The van der Waals surface area contributed by atoms with Gasteiger partial charge in [-0.1, -0.05) is 238 Å². The van der Waals surface area contributed by atoms with E-state index in [4.69, 9.17) is 0 Å². The highest BCUT2D eigenvalue weighted by molar-refractivity contribution is 6.05. The van der Waals surface area contributed by atoms with E-state index < -0.39 is 10.8 Å². The maximum Gasteiger partial charge on any atom is 0.0726 e. The summed E-state index contributed by atoms with van der Waals surface area (Å²) in [6, 6.07) is 95.0. The Bertz CT molecular complexity index is 4030. The van der Waals surface area contributed by atoms with E-state index in [1.807, 2.05) is 0 Å². The SMILES string of the molecule is CC1(C)c2ccccc2-c2c(N(c3ccc4c(c3)C3(c5ccccc5-c5ccccc53)c3ccccc3-4)c3cccc4c3-c3ccccc3C43c4ccccc4-c4ccccc4-c4ccccc43)cccc21. The molecule has 1 heteroatoms. The zero-order valence-corrected chi connectivity index (χ0v) is 40.1. The number of nitrogens with zero attached hydrogens (tertiary/aromatic N) is 1. The summed E-state index contributed by atoms with van der Waals surface area (Å²) in [6.45, 7) is 4.80. The van der Waals surface area contributed by atoms with E-state index in [0.29, 0.717) is 0 Å². The summed E-state index contributed by atoms with van der Waals surface area (Å²) >= 11 is 0. The molecule has 336 valence electrons. The highest BCUT2D eigenvalue weighted by Gasteiger charge is 2.53. The average Bonchev–Trinajstić information content (AvgIpc) is 4.09. The summed E-state index contributed by atoms with van der Waals surface area (Å²) in [7, 11) is 0. The number of hydrogen-bond donors (Lipinski definition) is 0. The summed E-state index contributed by atoms with van der Waals surface area (Å²) < 4.78 is 0. The van der Waals surface area contributed by atoms with Crippen LogP contribution >= 0.6 is 0 Å². The first-order chi connectivity index (χ1) is 35.5. The maximum atomic E-state index is 2.65. The molecule has 0 amide bonds. The summed E-state index contributed by atoms with van der Waals surface area (Å²) in [5.74, 6) is 0. The second-order valence-electron chi connectivity index (χ2n) is 21.0. The predicted octanol–water partition coefficient (Wildman–Crippen LogP) is 17.8. The fourth-order valence-corrected chi connectivity index (χ4v) is 14.8. The number of rotatable bonds is 3. The van der Waals surface area contributed by atoms with Gasteiger partial charge in [-0.2, -0.15) is 0 Å². The van der Waals surface area contributed by atoms with Crippen LogP contribution in [0, 0.1) is 0 Å². The molecule has 0 bridgehead atoms. The molecule has 11 aromatic carbocycles. The van der Waals surface area contributed by atoms with Gasteiger partial charge in [0.25, 0.3) is 0 Å². The highest BCUT2D eigenvalue weighted by Crippen LogP contribution is 2.67. The Morgan fingerprint density at radius 3 is 1.01 bits per heavy atom. The maximum absolute atomic E-state index is 2.65. The van der Waals surface area contributed by atoms with Gasteiger partial charge >= 0.3 is 0 Å². The minimum absolute atomic E-state index is 0.188. The third-order valence-electron chi connectivity index (χ3n) is 17.5. The highest BCUT2D eigenvalue weighted by atomic mass is 15.1. The number of fused-ring (bicyclic) bond motifs is 25. The van der Waals surface area contributed by atoms with Crippen LogP contribution in [0.2, 0.25) is 0 Å². The van der Waals surface area contributed by atoms with Crippen molar-refractivity contribution >= 4 is 17.1 Å². The van der Waals surface area contributed by atoms with Gasteiger partial charge in [-0.25, -0.2) is 0 Å². The van der Waals surface area contributed by atoms with E-state index in [9.17, 15) is 0 Å². The molecular weight excluding hydrogens is 867 g/mol. The van der Waals surface area contributed by atoms with Gasteiger partial charge in [0.1, 0.15) is 0 Å². The van der Waals surface area contributed by atoms with Gasteiger partial charge in [-0.15, -0.1) is 0 Å². The summed E-state index contributed by atoms with van der Waals surface area (Å²) in [4.78, 5) is 2.65. The van der Waals surface area contributed by atoms with Gasteiger partial charge in [0.15, 0.2) is 0 Å². The largest absolute Gasteiger partial charge is 0.309 e. The number of benzene rings is 11. The van der Waals surface area contributed by atoms with E-state index in [-0.39, 0.29) is 5.41 Å². The third kappa shape index (κ3) is 4.75. The van der Waals surface area contributed by atoms with E-state index >= 15 is 0 Å². The zero-order valence-electron chi connectivity index (χ0n) is 40.1. The molecule has 5 aliphatic carbocycles. The summed E-state index contributed by atoms with van der Waals surface area (Å²) in [5, 5.41) is 0. The fourth-order valence-electron chi connectivity index (χ4n) is 14.8. The van der Waals surface area contributed by atoms with E-state index in [1.54, 1.807) is 0 Å². The Labute approximate surface area is 421 Å². The molecule has 0 heterocycles. The Morgan fingerprint density at radius 1 is 0.236 bits per heavy atom. The number of anilines is 3. The summed E-state index contributed by atoms with van der Waals surface area (Å²) in [6.07, 6.45) is 0. The van der Waals surface area contributed by atoms with Crippen molar-refractivity contribution in [1.29, 1.82) is 0 Å². The smallest absolute Gasteiger partial charge is 0.0726 e. The molecule has 11 aromatic rings. The van der Waals surface area contributed by atoms with Crippen LogP contribution in [0.4, 0.5) is 17.1 Å². The third-order valence-corrected chi connectivity index (χ3v) is 17.5. The van der Waals surface area contributed by atoms with Crippen molar-refractivity contribution in [2.75, 3.05) is 4.90 Å². The Balaban J connectivity index is 1.04. The lowest BCUT2D eigenvalue weighted by Gasteiger charge is -2.36. The first kappa shape index (κ1) is 40.0. The molecule has 0 fully saturated rings. The molecule has 0 atom stereocenters. The topological polar surface area (TPSA) is 3.24 Å². The lowest BCUT2D eigenvalue weighted by molar-refractivity contribution is 0.660. The molecule has 0 N–H and O–H groups in total. The molecule has 0 saturated carbocycles. The molecule has 0 saturated heterocycles. The van der Waals surface area contributed by atoms with E-state index in [1.165, 1.54) is 134 Å². The van der Waals surface area contributed by atoms with Crippen LogP contribution in [0.25, 0.3) is 66.8 Å². The van der Waals surface area contributed by atoms with Crippen LogP contribution in [0.15, 0.2) is 249 Å². The van der Waals surface area contributed by atoms with E-state index in [0.717, 1.165) is 5.69 Å². The van der Waals surface area contributed by atoms with Crippen molar-refractivity contribution < 1.29 is 0 Å². The van der Waals surface area contributed by atoms with Crippen LogP contribution in [-0.4, -0.2) is 0 Å². The van der Waals surface area contributed by atoms with Gasteiger partial charge in [0.2, 0.25) is 0 Å². The lowest BCUT2D eigenvalue weighted by Crippen LogP contribution is -2.29. The standard InChI is InChI=1S/C71H47N/c1-69(2)55-30-12-10-28-53(55)67-62(69)37-19-39-65(67)72(44-41-42-52-51-27-9-17-35-60(51)71(64(52)43-44)58-33-15-7-25-49(58)50-26-8-16-34-59(50)71)66-40-20-38-63-68(66)54-29-11-18-36-61(54)70(63)56-31-13-5-23-47(56)45-21-3-4-22-46(45)48-24-6-14-32-57(48)70/h3-43H,1-2H3. The fraction of sp³-hybridized carbons (Fsp3) is 0.0704. The minimum Gasteiger partial charge on any atom is -0.309 e. The zero-order chi connectivity index (χ0) is 47.5. The normalized spacial score (nSPS) is 15.1. The van der Waals surface area contributed by atoms with Gasteiger partial charge in [-0.05, 0) is 136 Å². The second kappa shape index (κ2) is 14.2. The first-order valence-corrected chi connectivity index (χ1v) is 25.5. The van der Waals surface area contributed by atoms with Crippen LogP contribution < -0.4 is 4.90 Å². The average molecular weight is 914 g/mol. The second-order valence-corrected chi connectivity index (χ2v) is 21.0. The van der Waals surface area contributed by atoms with Crippen LogP contribution in [-0.2, 0) is 16.2 Å². The first-order valence-electron chi connectivity index (χ1n) is 25.5. The molecule has 0 unspecified atom stereocenters. The Hall–Kier alpha value is -8.78. The molecule has 0 radical (unpaired) electrons. The van der Waals surface area contributed by atoms with Crippen molar-refractivity contribution in [2.24, 2.45) is 0 Å². The molecule has 72 heavy (non-hydrogen) atoms. The van der Waals surface area contributed by atoms with Crippen molar-refractivity contribution in [3.05, 3.63) is 304 Å². The van der Waals surface area contributed by atoms with Crippen molar-refractivity contribution in [3.63, 3.8) is 0 Å². The molecule has 5 aliphatic rings. The molecule has 16 rings (SSSR count). The molecule has 2 spiro atoms. The van der Waals surface area contributed by atoms with Crippen molar-refractivity contribution in [1.82, 2.24) is 0 Å². The Morgan fingerprint density at radius 2 is 0.542 bits per heavy atom. The predicted molar refractivity (Wildman–Crippen MR) is 297 cm³/mol. The molecular formula is C71H47N. The Kier molecular flexibility index (Phi) is 7.88. The van der Waals surface area contributed by atoms with Crippen molar-refractivity contribution in [2.45, 2.75) is 30.1 Å².